The second kappa shape index (κ2) is 5.88. The quantitative estimate of drug-likeness (QED) is 0.930. The number of carbonyl (C=O) groups excluding carboxylic acids is 1. The summed E-state index contributed by atoms with van der Waals surface area (Å²) < 4.78 is 10.4. The van der Waals surface area contributed by atoms with Gasteiger partial charge in [-0.3, -0.25) is 4.79 Å². The Labute approximate surface area is 133 Å². The summed E-state index contributed by atoms with van der Waals surface area (Å²) in [6.07, 6.45) is 4.17. The van der Waals surface area contributed by atoms with E-state index in [1.54, 1.807) is 6.92 Å². The summed E-state index contributed by atoms with van der Waals surface area (Å²) in [7, 11) is 0. The molecule has 1 aliphatic rings. The van der Waals surface area contributed by atoms with Crippen molar-refractivity contribution in [3.63, 3.8) is 0 Å². The third-order valence-corrected chi connectivity index (χ3v) is 4.28. The number of nitriles is 1. The Morgan fingerprint density at radius 2 is 2.22 bits per heavy atom. The Hall–Kier alpha value is -2.62. The number of rotatable bonds is 4. The molecule has 120 valence electrons. The van der Waals surface area contributed by atoms with Crippen LogP contribution in [0, 0.1) is 18.3 Å². The van der Waals surface area contributed by atoms with Crippen LogP contribution < -0.4 is 5.32 Å². The first kappa shape index (κ1) is 15.3. The molecule has 7 heteroatoms. The lowest BCUT2D eigenvalue weighted by Crippen LogP contribution is -2.44. The van der Waals surface area contributed by atoms with Crippen molar-refractivity contribution in [1.29, 1.82) is 5.26 Å². The second-order valence-corrected chi connectivity index (χ2v) is 5.80. The van der Waals surface area contributed by atoms with Gasteiger partial charge in [-0.2, -0.15) is 10.2 Å². The minimum absolute atomic E-state index is 0.126. The fraction of sp³-hybridized carbons (Fsp3) is 0.500. The maximum atomic E-state index is 12.6. The fourth-order valence-corrected chi connectivity index (χ4v) is 3.02. The number of carbonyl (C=O) groups is 1. The zero-order valence-electron chi connectivity index (χ0n) is 13.2. The van der Waals surface area contributed by atoms with Crippen molar-refractivity contribution in [3.05, 3.63) is 34.9 Å². The molecule has 1 saturated carbocycles. The SMILES string of the molecule is CCc1nc(C2(NC(=O)c3cc(C#N)oc3C)CCCC2)no1. The topological polar surface area (TPSA) is 105 Å². The molecule has 1 amide bonds. The summed E-state index contributed by atoms with van der Waals surface area (Å²) in [6, 6.07) is 3.36. The maximum Gasteiger partial charge on any atom is 0.255 e. The highest BCUT2D eigenvalue weighted by Crippen LogP contribution is 2.37. The van der Waals surface area contributed by atoms with E-state index in [0.717, 1.165) is 25.7 Å². The van der Waals surface area contributed by atoms with Gasteiger partial charge in [0.2, 0.25) is 11.7 Å². The Kier molecular flexibility index (Phi) is 3.90. The van der Waals surface area contributed by atoms with Crippen LogP contribution in [0.2, 0.25) is 0 Å². The second-order valence-electron chi connectivity index (χ2n) is 5.80. The number of amides is 1. The molecule has 0 aliphatic heterocycles. The third-order valence-electron chi connectivity index (χ3n) is 4.28. The van der Waals surface area contributed by atoms with Gasteiger partial charge in [0.25, 0.3) is 5.91 Å². The molecular formula is C16H18N4O3. The first-order valence-corrected chi connectivity index (χ1v) is 7.74. The summed E-state index contributed by atoms with van der Waals surface area (Å²) in [5.41, 5.74) is -0.239. The average molecular weight is 314 g/mol. The van der Waals surface area contributed by atoms with E-state index in [2.05, 4.69) is 15.5 Å². The number of aromatic nitrogens is 2. The van der Waals surface area contributed by atoms with E-state index in [0.29, 0.717) is 29.5 Å². The van der Waals surface area contributed by atoms with Gasteiger partial charge in [-0.25, -0.2) is 0 Å². The highest BCUT2D eigenvalue weighted by atomic mass is 16.5. The van der Waals surface area contributed by atoms with Crippen molar-refractivity contribution in [2.75, 3.05) is 0 Å². The molecule has 0 atom stereocenters. The van der Waals surface area contributed by atoms with Crippen LogP contribution >= 0.6 is 0 Å². The van der Waals surface area contributed by atoms with Gasteiger partial charge in [0, 0.05) is 12.5 Å². The molecule has 2 heterocycles. The normalized spacial score (nSPS) is 16.2. The molecule has 0 unspecified atom stereocenters. The van der Waals surface area contributed by atoms with Crippen molar-refractivity contribution in [2.45, 2.75) is 51.5 Å². The molecule has 1 N–H and O–H groups in total. The Morgan fingerprint density at radius 1 is 1.48 bits per heavy atom. The van der Waals surface area contributed by atoms with Gasteiger partial charge in [-0.15, -0.1) is 0 Å². The van der Waals surface area contributed by atoms with Crippen molar-refractivity contribution in [1.82, 2.24) is 15.5 Å². The van der Waals surface area contributed by atoms with E-state index in [-0.39, 0.29) is 11.7 Å². The van der Waals surface area contributed by atoms with Crippen LogP contribution in [0.5, 0.6) is 0 Å². The summed E-state index contributed by atoms with van der Waals surface area (Å²) >= 11 is 0. The largest absolute Gasteiger partial charge is 0.450 e. The van der Waals surface area contributed by atoms with Crippen LogP contribution in [0.1, 0.15) is 66.2 Å². The Morgan fingerprint density at radius 3 is 2.78 bits per heavy atom. The van der Waals surface area contributed by atoms with Crippen molar-refractivity contribution in [2.24, 2.45) is 0 Å². The standard InChI is InChI=1S/C16H18N4O3/c1-3-13-18-15(20-23-13)16(6-4-5-7-16)19-14(21)12-8-11(9-17)22-10(12)2/h8H,3-7H2,1-2H3,(H,19,21). The van der Waals surface area contributed by atoms with Crippen molar-refractivity contribution < 1.29 is 13.7 Å². The number of hydrogen-bond donors (Lipinski definition) is 1. The van der Waals surface area contributed by atoms with Crippen molar-refractivity contribution in [3.8, 4) is 6.07 Å². The molecule has 7 nitrogen and oxygen atoms in total. The van der Waals surface area contributed by atoms with Crippen LogP contribution in [0.15, 0.2) is 15.0 Å². The summed E-state index contributed by atoms with van der Waals surface area (Å²) in [5, 5.41) is 16.0. The minimum atomic E-state index is -0.607. The van der Waals surface area contributed by atoms with E-state index in [1.165, 1.54) is 6.07 Å². The van der Waals surface area contributed by atoms with Crippen LogP contribution in [0.3, 0.4) is 0 Å². The van der Waals surface area contributed by atoms with Crippen molar-refractivity contribution >= 4 is 5.91 Å². The van der Waals surface area contributed by atoms with Crippen LogP contribution in [0.25, 0.3) is 0 Å². The molecule has 0 saturated heterocycles. The highest BCUT2D eigenvalue weighted by Gasteiger charge is 2.41. The van der Waals surface area contributed by atoms with E-state index in [4.69, 9.17) is 14.2 Å². The number of nitrogens with one attached hydrogen (secondary N) is 1. The molecule has 0 spiro atoms. The molecule has 2 aromatic rings. The average Bonchev–Trinajstić information content (AvgIpc) is 3.25. The first-order chi connectivity index (χ1) is 11.1. The van der Waals surface area contributed by atoms with E-state index >= 15 is 0 Å². The highest BCUT2D eigenvalue weighted by molar-refractivity contribution is 5.96. The molecule has 1 aliphatic carbocycles. The van der Waals surface area contributed by atoms with Crippen LogP contribution in [-0.2, 0) is 12.0 Å². The summed E-state index contributed by atoms with van der Waals surface area (Å²) in [6.45, 7) is 3.61. The Bertz CT molecular complexity index is 763. The van der Waals surface area contributed by atoms with E-state index in [9.17, 15) is 4.79 Å². The lowest BCUT2D eigenvalue weighted by molar-refractivity contribution is 0.0890. The van der Waals surface area contributed by atoms with Crippen LogP contribution in [0.4, 0.5) is 0 Å². The van der Waals surface area contributed by atoms with Crippen LogP contribution in [-0.4, -0.2) is 16.0 Å². The Balaban J connectivity index is 1.89. The fourth-order valence-electron chi connectivity index (χ4n) is 3.02. The molecular weight excluding hydrogens is 296 g/mol. The summed E-state index contributed by atoms with van der Waals surface area (Å²) in [4.78, 5) is 17.0. The van der Waals surface area contributed by atoms with Gasteiger partial charge in [0.05, 0.1) is 5.56 Å². The monoisotopic (exact) mass is 314 g/mol. The third kappa shape index (κ3) is 2.72. The van der Waals surface area contributed by atoms with E-state index < -0.39 is 5.54 Å². The van der Waals surface area contributed by atoms with Gasteiger partial charge in [0.15, 0.2) is 5.82 Å². The lowest BCUT2D eigenvalue weighted by Gasteiger charge is -2.26. The zero-order chi connectivity index (χ0) is 16.4. The number of hydrogen-bond acceptors (Lipinski definition) is 6. The number of nitrogens with zero attached hydrogens (tertiary/aromatic N) is 3. The molecule has 3 rings (SSSR count). The number of aryl methyl sites for hydroxylation is 2. The molecule has 0 radical (unpaired) electrons. The van der Waals surface area contributed by atoms with Gasteiger partial charge < -0.3 is 14.3 Å². The van der Waals surface area contributed by atoms with Gasteiger partial charge in [0.1, 0.15) is 17.4 Å². The van der Waals surface area contributed by atoms with Gasteiger partial charge >= 0.3 is 0 Å². The molecule has 0 aromatic carbocycles. The molecule has 1 fully saturated rings. The zero-order valence-corrected chi connectivity index (χ0v) is 13.2. The molecule has 0 bridgehead atoms. The minimum Gasteiger partial charge on any atom is -0.450 e. The predicted molar refractivity (Wildman–Crippen MR) is 79.4 cm³/mol. The lowest BCUT2D eigenvalue weighted by atomic mass is 9.96. The predicted octanol–water partition coefficient (Wildman–Crippen LogP) is 2.60. The molecule has 23 heavy (non-hydrogen) atoms. The number of furan rings is 1. The molecule has 2 aromatic heterocycles. The first-order valence-electron chi connectivity index (χ1n) is 7.74. The maximum absolute atomic E-state index is 12.6. The van der Waals surface area contributed by atoms with Gasteiger partial charge in [-0.05, 0) is 19.8 Å². The smallest absolute Gasteiger partial charge is 0.255 e. The summed E-state index contributed by atoms with van der Waals surface area (Å²) in [5.74, 6) is 1.36. The van der Waals surface area contributed by atoms with Gasteiger partial charge in [-0.1, -0.05) is 24.9 Å². The van der Waals surface area contributed by atoms with E-state index in [1.807, 2.05) is 13.0 Å².